The van der Waals surface area contributed by atoms with E-state index in [1.54, 1.807) is 7.11 Å². The molecule has 3 nitrogen and oxygen atoms in total. The van der Waals surface area contributed by atoms with E-state index in [2.05, 4.69) is 5.32 Å². The third kappa shape index (κ3) is 3.46. The molecular weight excluding hydrogens is 190 g/mol. The minimum Gasteiger partial charge on any atom is -0.380 e. The van der Waals surface area contributed by atoms with Crippen molar-refractivity contribution < 1.29 is 9.53 Å². The lowest BCUT2D eigenvalue weighted by molar-refractivity contribution is -0.109. The molecule has 0 aromatic heterocycles. The molecule has 15 heavy (non-hydrogen) atoms. The van der Waals surface area contributed by atoms with Gasteiger partial charge in [-0.25, -0.2) is 0 Å². The van der Waals surface area contributed by atoms with E-state index in [0.717, 1.165) is 24.0 Å². The number of hydrogen-bond donors (Lipinski definition) is 1. The topological polar surface area (TPSA) is 38.3 Å². The fraction of sp³-hybridized carbons (Fsp3) is 0.417. The molecule has 1 aromatic carbocycles. The molecule has 0 aliphatic carbocycles. The fourth-order valence-electron chi connectivity index (χ4n) is 1.45. The first-order valence-electron chi connectivity index (χ1n) is 5.08. The Kier molecular flexibility index (Phi) is 5.01. The highest BCUT2D eigenvalue weighted by Crippen LogP contribution is 2.12. The van der Waals surface area contributed by atoms with Crippen molar-refractivity contribution in [2.45, 2.75) is 19.6 Å². The summed E-state index contributed by atoms with van der Waals surface area (Å²) in [6.45, 7) is 3.37. The molecule has 0 saturated heterocycles. The van der Waals surface area contributed by atoms with E-state index >= 15 is 0 Å². The van der Waals surface area contributed by atoms with E-state index in [4.69, 9.17) is 4.74 Å². The van der Waals surface area contributed by atoms with Crippen LogP contribution >= 0.6 is 0 Å². The Bertz CT molecular complexity index is 295. The third-order valence-electron chi connectivity index (χ3n) is 2.21. The molecule has 82 valence electrons. The normalized spacial score (nSPS) is 12.4. The Labute approximate surface area is 90.4 Å². The Hall–Kier alpha value is -1.19. The Morgan fingerprint density at radius 1 is 1.40 bits per heavy atom. The van der Waals surface area contributed by atoms with E-state index < -0.39 is 0 Å². The quantitative estimate of drug-likeness (QED) is 0.721. The van der Waals surface area contributed by atoms with Crippen molar-refractivity contribution in [2.24, 2.45) is 0 Å². The summed E-state index contributed by atoms with van der Waals surface area (Å²) in [6, 6.07) is 7.66. The summed E-state index contributed by atoms with van der Waals surface area (Å²) in [4.78, 5) is 10.8. The van der Waals surface area contributed by atoms with Gasteiger partial charge in [0.25, 0.3) is 0 Å². The number of methoxy groups -OCH3 is 1. The molecule has 0 aliphatic heterocycles. The number of nitrogens with one attached hydrogen (secondary N) is 1. The molecule has 0 radical (unpaired) electrons. The number of benzene rings is 1. The van der Waals surface area contributed by atoms with Crippen molar-refractivity contribution in [3.8, 4) is 0 Å². The number of hydrogen-bond acceptors (Lipinski definition) is 3. The zero-order valence-electron chi connectivity index (χ0n) is 9.19. The van der Waals surface area contributed by atoms with Crippen molar-refractivity contribution >= 4 is 6.29 Å². The highest BCUT2D eigenvalue weighted by atomic mass is 16.5. The maximum Gasteiger partial charge on any atom is 0.141 e. The van der Waals surface area contributed by atoms with Gasteiger partial charge in [-0.05, 0) is 17.7 Å². The number of carbonyl (C=O) groups excluding carboxylic acids is 1. The first-order chi connectivity index (χ1) is 7.31. The zero-order chi connectivity index (χ0) is 11.1. The van der Waals surface area contributed by atoms with Crippen LogP contribution in [0.2, 0.25) is 0 Å². The van der Waals surface area contributed by atoms with Gasteiger partial charge in [-0.1, -0.05) is 31.2 Å². The molecule has 1 unspecified atom stereocenters. The number of aldehydes is 1. The zero-order valence-corrected chi connectivity index (χ0v) is 9.19. The summed E-state index contributed by atoms with van der Waals surface area (Å²) in [5, 5.41) is 3.10. The maximum atomic E-state index is 10.8. The molecule has 1 rings (SSSR count). The molecule has 0 saturated carbocycles. The van der Waals surface area contributed by atoms with Crippen molar-refractivity contribution in [1.29, 1.82) is 0 Å². The average molecular weight is 207 g/mol. The van der Waals surface area contributed by atoms with E-state index in [-0.39, 0.29) is 6.04 Å². The molecule has 0 heterocycles. The number of ether oxygens (including phenoxy) is 1. The predicted octanol–water partition coefficient (Wildman–Crippen LogP) is 1.68. The van der Waals surface area contributed by atoms with E-state index in [9.17, 15) is 4.79 Å². The van der Waals surface area contributed by atoms with Gasteiger partial charge in [0.1, 0.15) is 6.29 Å². The van der Waals surface area contributed by atoms with Crippen molar-refractivity contribution in [2.75, 3.05) is 13.7 Å². The second-order valence-corrected chi connectivity index (χ2v) is 3.35. The summed E-state index contributed by atoms with van der Waals surface area (Å²) in [5.74, 6) is 0. The number of likely N-dealkylation sites (N-methyl/N-ethyl adjacent to an activating group) is 1. The molecule has 3 heteroatoms. The van der Waals surface area contributed by atoms with E-state index in [0.29, 0.717) is 6.61 Å². The van der Waals surface area contributed by atoms with Crippen LogP contribution in [0.15, 0.2) is 24.3 Å². The molecule has 0 fully saturated rings. The molecule has 1 aromatic rings. The molecule has 1 N–H and O–H groups in total. The third-order valence-corrected chi connectivity index (χ3v) is 2.21. The van der Waals surface area contributed by atoms with Gasteiger partial charge in [0.05, 0.1) is 12.6 Å². The number of rotatable bonds is 6. The minimum absolute atomic E-state index is 0.202. The highest BCUT2D eigenvalue weighted by Gasteiger charge is 2.07. The lowest BCUT2D eigenvalue weighted by Crippen LogP contribution is -2.21. The summed E-state index contributed by atoms with van der Waals surface area (Å²) in [5.41, 5.74) is 2.11. The molecule has 0 bridgehead atoms. The number of carbonyl (C=O) groups is 1. The van der Waals surface area contributed by atoms with Crippen LogP contribution in [-0.4, -0.2) is 19.9 Å². The summed E-state index contributed by atoms with van der Waals surface area (Å²) in [7, 11) is 1.67. The van der Waals surface area contributed by atoms with Crippen molar-refractivity contribution in [3.63, 3.8) is 0 Å². The molecule has 0 spiro atoms. The van der Waals surface area contributed by atoms with Crippen LogP contribution in [0.5, 0.6) is 0 Å². The summed E-state index contributed by atoms with van der Waals surface area (Å²) >= 11 is 0. The summed E-state index contributed by atoms with van der Waals surface area (Å²) < 4.78 is 5.02. The lowest BCUT2D eigenvalue weighted by Gasteiger charge is -2.11. The van der Waals surface area contributed by atoms with Gasteiger partial charge >= 0.3 is 0 Å². The van der Waals surface area contributed by atoms with Gasteiger partial charge in [0.2, 0.25) is 0 Å². The van der Waals surface area contributed by atoms with Crippen LogP contribution in [0, 0.1) is 0 Å². The van der Waals surface area contributed by atoms with Crippen LogP contribution in [0.1, 0.15) is 24.1 Å². The Morgan fingerprint density at radius 2 is 2.07 bits per heavy atom. The second kappa shape index (κ2) is 6.32. The van der Waals surface area contributed by atoms with Gasteiger partial charge in [-0.3, -0.25) is 0 Å². The smallest absolute Gasteiger partial charge is 0.141 e. The van der Waals surface area contributed by atoms with Crippen LogP contribution in [-0.2, 0) is 16.1 Å². The Balaban J connectivity index is 2.72. The fourth-order valence-corrected chi connectivity index (χ4v) is 1.45. The standard InChI is InChI=1S/C12H17NO2/c1-3-13-12(8-14)11-6-4-10(5-7-11)9-15-2/h4-8,12-13H,3,9H2,1-2H3. The van der Waals surface area contributed by atoms with E-state index in [1.807, 2.05) is 31.2 Å². The van der Waals surface area contributed by atoms with Gasteiger partial charge in [0.15, 0.2) is 0 Å². The summed E-state index contributed by atoms with van der Waals surface area (Å²) in [6.07, 6.45) is 0.925. The molecule has 1 atom stereocenters. The lowest BCUT2D eigenvalue weighted by atomic mass is 10.1. The first-order valence-corrected chi connectivity index (χ1v) is 5.08. The molecular formula is C12H17NO2. The van der Waals surface area contributed by atoms with Crippen LogP contribution in [0.25, 0.3) is 0 Å². The van der Waals surface area contributed by atoms with Crippen LogP contribution < -0.4 is 5.32 Å². The average Bonchev–Trinajstić information content (AvgIpc) is 2.28. The second-order valence-electron chi connectivity index (χ2n) is 3.35. The largest absolute Gasteiger partial charge is 0.380 e. The van der Waals surface area contributed by atoms with Gasteiger partial charge in [-0.2, -0.15) is 0 Å². The van der Waals surface area contributed by atoms with Gasteiger partial charge < -0.3 is 14.8 Å². The van der Waals surface area contributed by atoms with Crippen LogP contribution in [0.3, 0.4) is 0 Å². The van der Waals surface area contributed by atoms with Crippen LogP contribution in [0.4, 0.5) is 0 Å². The van der Waals surface area contributed by atoms with E-state index in [1.165, 1.54) is 0 Å². The highest BCUT2D eigenvalue weighted by molar-refractivity contribution is 5.61. The predicted molar refractivity (Wildman–Crippen MR) is 59.6 cm³/mol. The van der Waals surface area contributed by atoms with Gasteiger partial charge in [0, 0.05) is 7.11 Å². The van der Waals surface area contributed by atoms with Crippen molar-refractivity contribution in [3.05, 3.63) is 35.4 Å². The molecule has 0 aliphatic rings. The first kappa shape index (κ1) is 11.9. The Morgan fingerprint density at radius 3 is 2.53 bits per heavy atom. The maximum absolute atomic E-state index is 10.8. The van der Waals surface area contributed by atoms with Crippen molar-refractivity contribution in [1.82, 2.24) is 5.32 Å². The van der Waals surface area contributed by atoms with Gasteiger partial charge in [-0.15, -0.1) is 0 Å². The monoisotopic (exact) mass is 207 g/mol. The molecule has 0 amide bonds. The SMILES string of the molecule is CCNC(C=O)c1ccc(COC)cc1. The minimum atomic E-state index is -0.202.